The number of nitriles is 3. The van der Waals surface area contributed by atoms with E-state index in [-0.39, 0.29) is 16.8 Å². The van der Waals surface area contributed by atoms with Crippen molar-refractivity contribution in [2.24, 2.45) is 0 Å². The van der Waals surface area contributed by atoms with Crippen molar-refractivity contribution in [3.05, 3.63) is 149 Å². The smallest absolute Gasteiger partial charge is 0.307 e. The summed E-state index contributed by atoms with van der Waals surface area (Å²) in [5, 5.41) is 33.7. The largest absolute Gasteiger partial charge is 0.415 e. The zero-order valence-electron chi connectivity index (χ0n) is 25.8. The molecule has 8 rings (SSSR count). The first-order valence-electron chi connectivity index (χ1n) is 15.3. The second-order valence-corrected chi connectivity index (χ2v) is 11.7. The Morgan fingerprint density at radius 3 is 1.58 bits per heavy atom. The predicted molar refractivity (Wildman–Crippen MR) is 186 cm³/mol. The Kier molecular flexibility index (Phi) is 6.69. The lowest BCUT2D eigenvalue weighted by atomic mass is 9.92. The Morgan fingerprint density at radius 2 is 1.08 bits per heavy atom. The van der Waals surface area contributed by atoms with Crippen molar-refractivity contribution in [3.8, 4) is 40.7 Å². The highest BCUT2D eigenvalue weighted by Crippen LogP contribution is 2.46. The Balaban J connectivity index is 1.63. The number of rotatable bonds is 3. The van der Waals surface area contributed by atoms with Gasteiger partial charge in [-0.3, -0.25) is 0 Å². The summed E-state index contributed by atoms with van der Waals surface area (Å²) in [6, 6.07) is 38.7. The first kappa shape index (κ1) is 30.0. The summed E-state index contributed by atoms with van der Waals surface area (Å²) in [5.41, 5.74) is 2.53. The van der Waals surface area contributed by atoms with Gasteiger partial charge in [0.1, 0.15) is 0 Å². The number of benzene rings is 6. The summed E-state index contributed by atoms with van der Waals surface area (Å²) < 4.78 is 47.7. The number of aromatic nitrogens is 2. The highest BCUT2D eigenvalue weighted by Gasteiger charge is 2.36. The number of para-hydroxylation sites is 2. The number of fused-ring (bicyclic) bond motifs is 6. The summed E-state index contributed by atoms with van der Waals surface area (Å²) in [6.07, 6.45) is -4.82. The molecule has 0 N–H and O–H groups in total. The minimum Gasteiger partial charge on any atom is -0.307 e. The van der Waals surface area contributed by atoms with Gasteiger partial charge in [-0.15, -0.1) is 0 Å². The van der Waals surface area contributed by atoms with Gasteiger partial charge in [-0.25, -0.2) is 4.85 Å². The van der Waals surface area contributed by atoms with Crippen LogP contribution in [0.5, 0.6) is 0 Å². The van der Waals surface area contributed by atoms with Gasteiger partial charge >= 0.3 is 6.18 Å². The maximum atomic E-state index is 14.6. The molecule has 8 aromatic rings. The quantitative estimate of drug-likeness (QED) is 0.178. The van der Waals surface area contributed by atoms with E-state index < -0.39 is 17.3 Å². The third-order valence-electron chi connectivity index (χ3n) is 9.06. The molecule has 0 saturated heterocycles. The summed E-state index contributed by atoms with van der Waals surface area (Å²) >= 11 is 0. The Hall–Kier alpha value is -7.33. The average molecular weight is 653 g/mol. The standard InChI is InChI=1S/C41H19F3N6/c1-48-33-10-6-9-32(41(42,43)44)40(33)31-20-39(50-35-12-5-3-8-28(35)30-16-14-25(22-46)18-37(30)50)38(19-26(31)23-47)49-34-11-4-2-7-27(34)29-15-13-24(21-45)17-36(29)49/h2-20H. The van der Waals surface area contributed by atoms with Crippen LogP contribution in [0.1, 0.15) is 22.3 Å². The van der Waals surface area contributed by atoms with Crippen LogP contribution >= 0.6 is 0 Å². The topological polar surface area (TPSA) is 85.6 Å². The van der Waals surface area contributed by atoms with E-state index in [4.69, 9.17) is 6.57 Å². The molecule has 0 fully saturated rings. The van der Waals surface area contributed by atoms with Crippen LogP contribution in [-0.2, 0) is 6.18 Å². The molecule has 0 aliphatic carbocycles. The Morgan fingerprint density at radius 1 is 0.560 bits per heavy atom. The maximum Gasteiger partial charge on any atom is 0.415 e. The van der Waals surface area contributed by atoms with Crippen LogP contribution in [0.15, 0.2) is 115 Å². The lowest BCUT2D eigenvalue weighted by Crippen LogP contribution is -2.09. The van der Waals surface area contributed by atoms with Gasteiger partial charge in [-0.1, -0.05) is 66.7 Å². The van der Waals surface area contributed by atoms with Gasteiger partial charge in [0, 0.05) is 27.1 Å². The summed E-state index contributed by atoms with van der Waals surface area (Å²) in [7, 11) is 0. The van der Waals surface area contributed by atoms with Gasteiger partial charge < -0.3 is 9.13 Å². The Labute approximate surface area is 282 Å². The van der Waals surface area contributed by atoms with Crippen molar-refractivity contribution >= 4 is 49.3 Å². The van der Waals surface area contributed by atoms with E-state index in [1.807, 2.05) is 69.8 Å². The van der Waals surface area contributed by atoms with Gasteiger partial charge in [0.05, 0.1) is 80.5 Å². The van der Waals surface area contributed by atoms with E-state index >= 15 is 0 Å². The normalized spacial score (nSPS) is 11.4. The molecule has 50 heavy (non-hydrogen) atoms. The highest BCUT2D eigenvalue weighted by molar-refractivity contribution is 6.12. The van der Waals surface area contributed by atoms with Gasteiger partial charge in [-0.2, -0.15) is 29.0 Å². The van der Waals surface area contributed by atoms with Crippen LogP contribution in [0.25, 0.3) is 71.0 Å². The first-order chi connectivity index (χ1) is 24.3. The van der Waals surface area contributed by atoms with Gasteiger partial charge in [0.25, 0.3) is 0 Å². The summed E-state index contributed by atoms with van der Waals surface area (Å²) in [5.74, 6) is 0. The summed E-state index contributed by atoms with van der Waals surface area (Å²) in [6.45, 7) is 7.80. The molecular weight excluding hydrogens is 633 g/mol. The maximum absolute atomic E-state index is 14.6. The van der Waals surface area contributed by atoms with Gasteiger partial charge in [0.15, 0.2) is 5.69 Å². The van der Waals surface area contributed by atoms with Crippen molar-refractivity contribution in [1.82, 2.24) is 9.13 Å². The average Bonchev–Trinajstić information content (AvgIpc) is 3.65. The number of nitrogens with zero attached hydrogens (tertiary/aromatic N) is 6. The van der Waals surface area contributed by atoms with Crippen LogP contribution in [0.3, 0.4) is 0 Å². The lowest BCUT2D eigenvalue weighted by molar-refractivity contribution is -0.137. The van der Waals surface area contributed by atoms with Gasteiger partial charge in [0.2, 0.25) is 0 Å². The second-order valence-electron chi connectivity index (χ2n) is 11.7. The number of alkyl halides is 3. The van der Waals surface area contributed by atoms with Crippen LogP contribution in [0, 0.1) is 40.6 Å². The molecule has 0 bridgehead atoms. The fourth-order valence-corrected chi connectivity index (χ4v) is 6.99. The molecule has 2 heterocycles. The van der Waals surface area contributed by atoms with Crippen molar-refractivity contribution in [3.63, 3.8) is 0 Å². The van der Waals surface area contributed by atoms with E-state index in [9.17, 15) is 29.0 Å². The van der Waals surface area contributed by atoms with Crippen molar-refractivity contribution in [2.45, 2.75) is 6.18 Å². The fraction of sp³-hybridized carbons (Fsp3) is 0.0244. The van der Waals surface area contributed by atoms with E-state index in [0.29, 0.717) is 39.1 Å². The minimum absolute atomic E-state index is 0.0639. The summed E-state index contributed by atoms with van der Waals surface area (Å²) in [4.78, 5) is 3.45. The van der Waals surface area contributed by atoms with Crippen molar-refractivity contribution in [2.75, 3.05) is 0 Å². The monoisotopic (exact) mass is 652 g/mol. The fourth-order valence-electron chi connectivity index (χ4n) is 6.99. The van der Waals surface area contributed by atoms with Crippen molar-refractivity contribution in [1.29, 1.82) is 15.8 Å². The SMILES string of the molecule is [C-]#[N+]c1cccc(C(F)(F)F)c1-c1cc(-n2c3ccccc3c3ccc(C#N)cc32)c(-n2c3ccccc3c3ccc(C#N)cc32)cc1C#N. The van der Waals surface area contributed by atoms with Crippen LogP contribution < -0.4 is 0 Å². The molecule has 0 amide bonds. The van der Waals surface area contributed by atoms with E-state index in [0.717, 1.165) is 33.1 Å². The third kappa shape index (κ3) is 4.40. The number of hydrogen-bond donors (Lipinski definition) is 0. The second kappa shape index (κ2) is 11.1. The van der Waals surface area contributed by atoms with E-state index in [1.165, 1.54) is 18.2 Å². The van der Waals surface area contributed by atoms with Gasteiger partial charge in [-0.05, 0) is 54.1 Å². The van der Waals surface area contributed by atoms with E-state index in [1.54, 1.807) is 30.3 Å². The first-order valence-corrected chi connectivity index (χ1v) is 15.3. The molecule has 0 aliphatic heterocycles. The molecule has 0 saturated carbocycles. The Bertz CT molecular complexity index is 2920. The molecule has 6 nitrogen and oxygen atoms in total. The zero-order valence-corrected chi connectivity index (χ0v) is 25.8. The molecule has 9 heteroatoms. The number of halogens is 3. The molecular formula is C41H19F3N6. The van der Waals surface area contributed by atoms with Crippen LogP contribution in [-0.4, -0.2) is 9.13 Å². The molecule has 0 radical (unpaired) electrons. The lowest BCUT2D eigenvalue weighted by Gasteiger charge is -2.21. The highest BCUT2D eigenvalue weighted by atomic mass is 19.4. The third-order valence-corrected chi connectivity index (χ3v) is 9.06. The molecule has 0 atom stereocenters. The molecule has 2 aromatic heterocycles. The number of hydrogen-bond acceptors (Lipinski definition) is 3. The minimum atomic E-state index is -4.82. The molecule has 0 aliphatic rings. The molecule has 234 valence electrons. The van der Waals surface area contributed by atoms with Crippen LogP contribution in [0.4, 0.5) is 18.9 Å². The van der Waals surface area contributed by atoms with E-state index in [2.05, 4.69) is 23.1 Å². The molecule has 0 spiro atoms. The van der Waals surface area contributed by atoms with Crippen molar-refractivity contribution < 1.29 is 13.2 Å². The van der Waals surface area contributed by atoms with Crippen LogP contribution in [0.2, 0.25) is 0 Å². The zero-order chi connectivity index (χ0) is 34.7. The predicted octanol–water partition coefficient (Wildman–Crippen LogP) is 10.7. The molecule has 0 unspecified atom stereocenters. The molecule has 6 aromatic carbocycles.